The Hall–Kier alpha value is -3.12. The second-order valence-corrected chi connectivity index (χ2v) is 8.37. The Morgan fingerprint density at radius 1 is 1.07 bits per heavy atom. The first-order valence-electron chi connectivity index (χ1n) is 9.87. The van der Waals surface area contributed by atoms with Crippen LogP contribution in [0.25, 0.3) is 16.9 Å². The van der Waals surface area contributed by atoms with Crippen LogP contribution in [0.4, 0.5) is 0 Å². The number of aryl methyl sites for hydroxylation is 1. The summed E-state index contributed by atoms with van der Waals surface area (Å²) in [6, 6.07) is 15.1. The van der Waals surface area contributed by atoms with Gasteiger partial charge >= 0.3 is 5.69 Å². The summed E-state index contributed by atoms with van der Waals surface area (Å²) in [5.41, 5.74) is 2.77. The molecule has 154 valence electrons. The summed E-state index contributed by atoms with van der Waals surface area (Å²) >= 11 is 6.12. The number of hydrogen-bond donors (Lipinski definition) is 0. The number of imidazole rings is 1. The van der Waals surface area contributed by atoms with Crippen molar-refractivity contribution >= 4 is 22.8 Å². The standard InChI is InChI=1S/C23H23ClN4O2/c1-15(2)12-27-22(29)20-21(28(23(27)30)19-9-7-16(3)8-10-19)25-14-26(20)13-17-5-4-6-18(24)11-17/h4-11,14-15H,12-13H2,1-3H3. The van der Waals surface area contributed by atoms with Gasteiger partial charge in [0.05, 0.1) is 12.0 Å². The molecule has 0 saturated heterocycles. The molecule has 0 aliphatic heterocycles. The van der Waals surface area contributed by atoms with Crippen molar-refractivity contribution in [3.05, 3.63) is 91.8 Å². The third-order valence-corrected chi connectivity index (χ3v) is 5.22. The van der Waals surface area contributed by atoms with E-state index in [0.29, 0.717) is 35.0 Å². The van der Waals surface area contributed by atoms with E-state index >= 15 is 0 Å². The molecule has 2 aromatic carbocycles. The lowest BCUT2D eigenvalue weighted by molar-refractivity contribution is 0.489. The highest BCUT2D eigenvalue weighted by atomic mass is 35.5. The fraction of sp³-hybridized carbons (Fsp3) is 0.261. The summed E-state index contributed by atoms with van der Waals surface area (Å²) in [6.07, 6.45) is 1.61. The lowest BCUT2D eigenvalue weighted by atomic mass is 10.2. The van der Waals surface area contributed by atoms with Gasteiger partial charge in [-0.3, -0.25) is 9.36 Å². The van der Waals surface area contributed by atoms with E-state index in [0.717, 1.165) is 11.1 Å². The summed E-state index contributed by atoms with van der Waals surface area (Å²) in [4.78, 5) is 31.1. The molecule has 0 atom stereocenters. The molecule has 7 heteroatoms. The Morgan fingerprint density at radius 2 is 1.80 bits per heavy atom. The smallest absolute Gasteiger partial charge is 0.320 e. The van der Waals surface area contributed by atoms with E-state index in [1.54, 1.807) is 10.9 Å². The molecule has 0 unspecified atom stereocenters. The molecule has 0 amide bonds. The molecule has 30 heavy (non-hydrogen) atoms. The van der Waals surface area contributed by atoms with E-state index in [-0.39, 0.29) is 17.2 Å². The lowest BCUT2D eigenvalue weighted by Gasteiger charge is -2.14. The summed E-state index contributed by atoms with van der Waals surface area (Å²) in [6.45, 7) is 6.72. The number of fused-ring (bicyclic) bond motifs is 1. The molecular weight excluding hydrogens is 400 g/mol. The minimum atomic E-state index is -0.377. The fourth-order valence-corrected chi connectivity index (χ4v) is 3.80. The van der Waals surface area contributed by atoms with E-state index in [1.807, 2.05) is 69.3 Å². The Morgan fingerprint density at radius 3 is 2.47 bits per heavy atom. The van der Waals surface area contributed by atoms with Crippen molar-refractivity contribution < 1.29 is 0 Å². The molecular formula is C23H23ClN4O2. The average molecular weight is 423 g/mol. The zero-order valence-corrected chi connectivity index (χ0v) is 17.9. The van der Waals surface area contributed by atoms with E-state index in [9.17, 15) is 9.59 Å². The van der Waals surface area contributed by atoms with Crippen LogP contribution in [0.5, 0.6) is 0 Å². The number of hydrogen-bond acceptors (Lipinski definition) is 3. The molecule has 2 heterocycles. The highest BCUT2D eigenvalue weighted by Gasteiger charge is 2.20. The Bertz CT molecular complexity index is 1330. The second kappa shape index (κ2) is 7.95. The topological polar surface area (TPSA) is 61.8 Å². The van der Waals surface area contributed by atoms with Crippen LogP contribution in [0.2, 0.25) is 5.02 Å². The molecule has 0 aliphatic carbocycles. The van der Waals surface area contributed by atoms with Gasteiger partial charge in [0.25, 0.3) is 5.56 Å². The van der Waals surface area contributed by atoms with Crippen molar-refractivity contribution in [3.8, 4) is 5.69 Å². The monoisotopic (exact) mass is 422 g/mol. The minimum Gasteiger partial charge on any atom is -0.320 e. The largest absolute Gasteiger partial charge is 0.337 e. The molecule has 2 aromatic heterocycles. The van der Waals surface area contributed by atoms with Gasteiger partial charge in [0, 0.05) is 18.1 Å². The molecule has 0 spiro atoms. The number of halogens is 1. The first-order valence-corrected chi connectivity index (χ1v) is 10.2. The molecule has 0 radical (unpaired) electrons. The lowest BCUT2D eigenvalue weighted by Crippen LogP contribution is -2.41. The maximum absolute atomic E-state index is 13.3. The van der Waals surface area contributed by atoms with Crippen LogP contribution in [0.15, 0.2) is 64.4 Å². The van der Waals surface area contributed by atoms with Gasteiger partial charge in [-0.05, 0) is 42.7 Å². The second-order valence-electron chi connectivity index (χ2n) is 7.94. The minimum absolute atomic E-state index is 0.142. The van der Waals surface area contributed by atoms with Gasteiger partial charge in [-0.2, -0.15) is 0 Å². The van der Waals surface area contributed by atoms with Gasteiger partial charge in [0.1, 0.15) is 0 Å². The maximum Gasteiger partial charge on any atom is 0.337 e. The van der Waals surface area contributed by atoms with E-state index in [4.69, 9.17) is 11.6 Å². The Labute approximate surface area is 179 Å². The van der Waals surface area contributed by atoms with Crippen LogP contribution < -0.4 is 11.2 Å². The molecule has 0 aliphatic rings. The first-order chi connectivity index (χ1) is 14.3. The fourth-order valence-electron chi connectivity index (χ4n) is 3.58. The van der Waals surface area contributed by atoms with Gasteiger partial charge < -0.3 is 4.57 Å². The van der Waals surface area contributed by atoms with Crippen molar-refractivity contribution in [2.45, 2.75) is 33.9 Å². The normalized spacial score (nSPS) is 11.5. The van der Waals surface area contributed by atoms with Crippen molar-refractivity contribution in [2.24, 2.45) is 5.92 Å². The molecule has 0 bridgehead atoms. The van der Waals surface area contributed by atoms with Gasteiger partial charge in [-0.15, -0.1) is 0 Å². The number of benzene rings is 2. The van der Waals surface area contributed by atoms with Crippen molar-refractivity contribution in [2.75, 3.05) is 0 Å². The van der Waals surface area contributed by atoms with Crippen LogP contribution in [0.3, 0.4) is 0 Å². The van der Waals surface area contributed by atoms with E-state index in [1.165, 1.54) is 9.13 Å². The van der Waals surface area contributed by atoms with Crippen LogP contribution in [0, 0.1) is 12.8 Å². The van der Waals surface area contributed by atoms with Gasteiger partial charge in [0.2, 0.25) is 0 Å². The van der Waals surface area contributed by atoms with Crippen molar-refractivity contribution in [1.82, 2.24) is 18.7 Å². The van der Waals surface area contributed by atoms with Crippen molar-refractivity contribution in [1.29, 1.82) is 0 Å². The predicted molar refractivity (Wildman–Crippen MR) is 120 cm³/mol. The van der Waals surface area contributed by atoms with Crippen LogP contribution in [-0.2, 0) is 13.1 Å². The van der Waals surface area contributed by atoms with E-state index < -0.39 is 0 Å². The van der Waals surface area contributed by atoms with E-state index in [2.05, 4.69) is 4.98 Å². The molecule has 4 aromatic rings. The number of nitrogens with zero attached hydrogens (tertiary/aromatic N) is 4. The summed E-state index contributed by atoms with van der Waals surface area (Å²) in [5.74, 6) is 0.142. The molecule has 6 nitrogen and oxygen atoms in total. The Balaban J connectivity index is 1.99. The molecule has 0 N–H and O–H groups in total. The molecule has 0 fully saturated rings. The first kappa shape index (κ1) is 20.2. The van der Waals surface area contributed by atoms with Gasteiger partial charge in [-0.1, -0.05) is 55.3 Å². The zero-order valence-electron chi connectivity index (χ0n) is 17.2. The van der Waals surface area contributed by atoms with Crippen LogP contribution >= 0.6 is 11.6 Å². The summed E-state index contributed by atoms with van der Waals surface area (Å²) < 4.78 is 4.61. The number of rotatable bonds is 5. The third kappa shape index (κ3) is 3.71. The van der Waals surface area contributed by atoms with Crippen LogP contribution in [-0.4, -0.2) is 18.7 Å². The third-order valence-electron chi connectivity index (χ3n) is 4.98. The highest BCUT2D eigenvalue weighted by molar-refractivity contribution is 6.30. The zero-order chi connectivity index (χ0) is 21.4. The SMILES string of the molecule is Cc1ccc(-n2c(=O)n(CC(C)C)c(=O)c3c2ncn3Cc2cccc(Cl)c2)cc1. The summed E-state index contributed by atoms with van der Waals surface area (Å²) in [5, 5.41) is 0.630. The maximum atomic E-state index is 13.3. The molecule has 4 rings (SSSR count). The van der Waals surface area contributed by atoms with Gasteiger partial charge in [-0.25, -0.2) is 14.3 Å². The highest BCUT2D eigenvalue weighted by Crippen LogP contribution is 2.17. The average Bonchev–Trinajstić information content (AvgIpc) is 3.10. The Kier molecular flexibility index (Phi) is 5.35. The number of aromatic nitrogens is 4. The predicted octanol–water partition coefficient (Wildman–Crippen LogP) is 4.02. The quantitative estimate of drug-likeness (QED) is 0.488. The molecule has 0 saturated carbocycles. The van der Waals surface area contributed by atoms with Gasteiger partial charge in [0.15, 0.2) is 11.2 Å². The van der Waals surface area contributed by atoms with Crippen LogP contribution in [0.1, 0.15) is 25.0 Å². The summed E-state index contributed by atoms with van der Waals surface area (Å²) in [7, 11) is 0. The van der Waals surface area contributed by atoms with Crippen molar-refractivity contribution in [3.63, 3.8) is 0 Å².